The molecule has 1 spiro atoms. The van der Waals surface area contributed by atoms with E-state index in [1.54, 1.807) is 32.4 Å². The Morgan fingerprint density at radius 2 is 1.68 bits per heavy atom. The fourth-order valence-electron chi connectivity index (χ4n) is 4.47. The lowest BCUT2D eigenvalue weighted by molar-refractivity contribution is 0.0496. The number of hydrogen-bond donors (Lipinski definition) is 0. The molecule has 164 valence electrons. The molecule has 2 aromatic carbocycles. The quantitative estimate of drug-likeness (QED) is 0.723. The maximum absolute atomic E-state index is 13.3. The van der Waals surface area contributed by atoms with E-state index in [0.717, 1.165) is 36.3 Å². The Labute approximate surface area is 187 Å². The molecule has 31 heavy (non-hydrogen) atoms. The highest BCUT2D eigenvalue weighted by atomic mass is 32.2. The Bertz CT molecular complexity index is 985. The maximum atomic E-state index is 13.3. The molecular weight excluding hydrogens is 412 g/mol. The van der Waals surface area contributed by atoms with Gasteiger partial charge in [0.2, 0.25) is 0 Å². The number of thioether (sulfide) groups is 1. The van der Waals surface area contributed by atoms with Crippen LogP contribution >= 0.6 is 11.8 Å². The monoisotopic (exact) mass is 440 g/mol. The molecule has 0 aliphatic carbocycles. The largest absolute Gasteiger partial charge is 0.497 e. The molecule has 0 N–H and O–H groups in total. The molecule has 0 atom stereocenters. The van der Waals surface area contributed by atoms with Gasteiger partial charge < -0.3 is 19.3 Å². The number of benzene rings is 2. The Balaban J connectivity index is 1.49. The number of carbonyl (C=O) groups is 2. The minimum Gasteiger partial charge on any atom is -0.497 e. The number of aryl methyl sites for hydroxylation is 1. The first kappa shape index (κ1) is 21.6. The van der Waals surface area contributed by atoms with Gasteiger partial charge in [-0.3, -0.25) is 9.59 Å². The Morgan fingerprint density at radius 3 is 2.35 bits per heavy atom. The Morgan fingerprint density at radius 1 is 0.935 bits per heavy atom. The van der Waals surface area contributed by atoms with E-state index in [4.69, 9.17) is 9.47 Å². The van der Waals surface area contributed by atoms with Crippen molar-refractivity contribution in [2.45, 2.75) is 24.6 Å². The van der Waals surface area contributed by atoms with Gasteiger partial charge in [0, 0.05) is 37.0 Å². The first-order chi connectivity index (χ1) is 15.0. The van der Waals surface area contributed by atoms with E-state index in [-0.39, 0.29) is 16.7 Å². The molecule has 0 saturated carbocycles. The van der Waals surface area contributed by atoms with Gasteiger partial charge in [0.1, 0.15) is 11.5 Å². The molecule has 2 saturated heterocycles. The third kappa shape index (κ3) is 3.99. The van der Waals surface area contributed by atoms with Gasteiger partial charge in [-0.1, -0.05) is 18.2 Å². The van der Waals surface area contributed by atoms with E-state index in [2.05, 4.69) is 0 Å². The third-order valence-corrected chi connectivity index (χ3v) is 7.82. The molecule has 2 fully saturated rings. The minimum absolute atomic E-state index is 0.0471. The highest BCUT2D eigenvalue weighted by Crippen LogP contribution is 2.45. The molecule has 2 aliphatic heterocycles. The van der Waals surface area contributed by atoms with Gasteiger partial charge in [-0.2, -0.15) is 0 Å². The van der Waals surface area contributed by atoms with Gasteiger partial charge in [0.05, 0.1) is 24.7 Å². The predicted octanol–water partition coefficient (Wildman–Crippen LogP) is 3.83. The SMILES string of the molecule is COc1ccc(C(=O)N2CCC3(CC2)SCCN3C(=O)c2ccccc2C)c(OC)c1. The van der Waals surface area contributed by atoms with Crippen molar-refractivity contribution in [1.82, 2.24) is 9.80 Å². The van der Waals surface area contributed by atoms with Crippen LogP contribution in [0.15, 0.2) is 42.5 Å². The van der Waals surface area contributed by atoms with E-state index in [9.17, 15) is 9.59 Å². The lowest BCUT2D eigenvalue weighted by Gasteiger charge is -2.44. The van der Waals surface area contributed by atoms with Crippen molar-refractivity contribution in [1.29, 1.82) is 0 Å². The van der Waals surface area contributed by atoms with Crippen LogP contribution in [0.25, 0.3) is 0 Å². The fourth-order valence-corrected chi connectivity index (χ4v) is 5.93. The molecule has 7 heteroatoms. The van der Waals surface area contributed by atoms with Crippen LogP contribution < -0.4 is 9.47 Å². The molecule has 0 aromatic heterocycles. The van der Waals surface area contributed by atoms with Crippen LogP contribution in [0, 0.1) is 6.92 Å². The van der Waals surface area contributed by atoms with Gasteiger partial charge in [-0.15, -0.1) is 11.8 Å². The first-order valence-corrected chi connectivity index (χ1v) is 11.5. The number of methoxy groups -OCH3 is 2. The maximum Gasteiger partial charge on any atom is 0.257 e. The Hall–Kier alpha value is -2.67. The van der Waals surface area contributed by atoms with Gasteiger partial charge in [-0.25, -0.2) is 0 Å². The molecule has 0 radical (unpaired) electrons. The summed E-state index contributed by atoms with van der Waals surface area (Å²) in [5, 5.41) is 0. The second-order valence-electron chi connectivity index (χ2n) is 7.92. The Kier molecular flexibility index (Phi) is 6.14. The average Bonchev–Trinajstić information content (AvgIpc) is 3.21. The van der Waals surface area contributed by atoms with Gasteiger partial charge in [0.25, 0.3) is 11.8 Å². The normalized spacial score (nSPS) is 17.6. The van der Waals surface area contributed by atoms with E-state index in [0.29, 0.717) is 30.2 Å². The first-order valence-electron chi connectivity index (χ1n) is 10.5. The van der Waals surface area contributed by atoms with E-state index in [1.165, 1.54) is 0 Å². The smallest absolute Gasteiger partial charge is 0.257 e. The minimum atomic E-state index is -0.236. The summed E-state index contributed by atoms with van der Waals surface area (Å²) in [5.74, 6) is 2.14. The molecule has 2 heterocycles. The van der Waals surface area contributed by atoms with Crippen molar-refractivity contribution in [2.24, 2.45) is 0 Å². The summed E-state index contributed by atoms with van der Waals surface area (Å²) in [6.07, 6.45) is 1.53. The van der Waals surface area contributed by atoms with Crippen molar-refractivity contribution in [2.75, 3.05) is 39.6 Å². The molecule has 2 aliphatic rings. The summed E-state index contributed by atoms with van der Waals surface area (Å²) in [5.41, 5.74) is 2.30. The summed E-state index contributed by atoms with van der Waals surface area (Å²) < 4.78 is 10.7. The number of hydrogen-bond acceptors (Lipinski definition) is 5. The summed E-state index contributed by atoms with van der Waals surface area (Å²) in [6, 6.07) is 13.0. The molecular formula is C24H28N2O4S. The van der Waals surface area contributed by atoms with Crippen molar-refractivity contribution < 1.29 is 19.1 Å². The summed E-state index contributed by atoms with van der Waals surface area (Å²) in [6.45, 7) is 3.95. The van der Waals surface area contributed by atoms with E-state index < -0.39 is 0 Å². The molecule has 0 unspecified atom stereocenters. The summed E-state index contributed by atoms with van der Waals surface area (Å²) >= 11 is 1.85. The second kappa shape index (κ2) is 8.83. The van der Waals surface area contributed by atoms with Crippen molar-refractivity contribution in [3.63, 3.8) is 0 Å². The van der Waals surface area contributed by atoms with Gasteiger partial charge in [0.15, 0.2) is 0 Å². The number of amides is 2. The van der Waals surface area contributed by atoms with Crippen LogP contribution in [-0.2, 0) is 0 Å². The lowest BCUT2D eigenvalue weighted by atomic mass is 9.99. The topological polar surface area (TPSA) is 59.1 Å². The van der Waals surface area contributed by atoms with Crippen LogP contribution in [-0.4, -0.2) is 66.1 Å². The van der Waals surface area contributed by atoms with Crippen LogP contribution in [0.4, 0.5) is 0 Å². The van der Waals surface area contributed by atoms with Gasteiger partial charge >= 0.3 is 0 Å². The van der Waals surface area contributed by atoms with Gasteiger partial charge in [-0.05, 0) is 43.5 Å². The number of ether oxygens (including phenoxy) is 2. The van der Waals surface area contributed by atoms with Crippen LogP contribution in [0.1, 0.15) is 39.1 Å². The van der Waals surface area contributed by atoms with Crippen LogP contribution in [0.3, 0.4) is 0 Å². The highest BCUT2D eigenvalue weighted by Gasteiger charge is 2.47. The highest BCUT2D eigenvalue weighted by molar-refractivity contribution is 8.00. The third-order valence-electron chi connectivity index (χ3n) is 6.27. The number of likely N-dealkylation sites (tertiary alicyclic amines) is 1. The number of carbonyl (C=O) groups excluding carboxylic acids is 2. The van der Waals surface area contributed by atoms with Crippen LogP contribution in [0.2, 0.25) is 0 Å². The molecule has 2 aromatic rings. The number of rotatable bonds is 4. The molecule has 6 nitrogen and oxygen atoms in total. The molecule has 2 amide bonds. The average molecular weight is 441 g/mol. The van der Waals surface area contributed by atoms with E-state index >= 15 is 0 Å². The van der Waals surface area contributed by atoms with Crippen LogP contribution in [0.5, 0.6) is 11.5 Å². The zero-order valence-corrected chi connectivity index (χ0v) is 19.0. The van der Waals surface area contributed by atoms with E-state index in [1.807, 2.05) is 52.8 Å². The zero-order chi connectivity index (χ0) is 22.0. The molecule has 0 bridgehead atoms. The summed E-state index contributed by atoms with van der Waals surface area (Å²) in [7, 11) is 3.14. The summed E-state index contributed by atoms with van der Waals surface area (Å²) in [4.78, 5) is 30.2. The standard InChI is InChI=1S/C24H28N2O4S/c1-17-6-4-5-7-19(17)23(28)26-14-15-31-24(26)10-12-25(13-11-24)22(27)20-9-8-18(29-2)16-21(20)30-3/h4-9,16H,10-15H2,1-3H3. The molecule has 4 rings (SSSR count). The second-order valence-corrected chi connectivity index (χ2v) is 9.38. The predicted molar refractivity (Wildman–Crippen MR) is 122 cm³/mol. The van der Waals surface area contributed by atoms with Crippen molar-refractivity contribution >= 4 is 23.6 Å². The fraction of sp³-hybridized carbons (Fsp3) is 0.417. The number of piperidine rings is 1. The zero-order valence-electron chi connectivity index (χ0n) is 18.2. The van der Waals surface area contributed by atoms with Crippen molar-refractivity contribution in [3.05, 3.63) is 59.2 Å². The lowest BCUT2D eigenvalue weighted by Crippen LogP contribution is -2.53. The van der Waals surface area contributed by atoms with Crippen molar-refractivity contribution in [3.8, 4) is 11.5 Å². The number of nitrogens with zero attached hydrogens (tertiary/aromatic N) is 2.